The van der Waals surface area contributed by atoms with E-state index in [4.69, 9.17) is 9.90 Å². The number of carbonyl (C=O) groups excluding carboxylic acids is 2. The maximum Gasteiger partial charge on any atom is 0.490 e. The molecule has 200 valence electrons. The number of rotatable bonds is 2. The molecule has 2 aliphatic heterocycles. The number of aliphatic carboxylic acids is 1. The molecule has 2 amide bonds. The largest absolute Gasteiger partial charge is 0.490 e. The third-order valence-electron chi connectivity index (χ3n) is 6.91. The highest BCUT2D eigenvalue weighted by molar-refractivity contribution is 5.99. The number of alkyl halides is 3. The van der Waals surface area contributed by atoms with Crippen molar-refractivity contribution in [1.29, 1.82) is 0 Å². The Morgan fingerprint density at radius 1 is 0.947 bits per heavy atom. The fourth-order valence-electron chi connectivity index (χ4n) is 4.81. The molecule has 1 atom stereocenters. The lowest BCUT2D eigenvalue weighted by molar-refractivity contribution is -0.192. The minimum Gasteiger partial charge on any atom is -0.475 e. The van der Waals surface area contributed by atoms with Crippen molar-refractivity contribution in [3.8, 4) is 0 Å². The van der Waals surface area contributed by atoms with Gasteiger partial charge in [0.05, 0.1) is 12.1 Å². The Kier molecular flexibility index (Phi) is 7.41. The number of likely N-dealkylation sites (tertiary alicyclic amines) is 1. The molecule has 0 aromatic heterocycles. The summed E-state index contributed by atoms with van der Waals surface area (Å²) in [4.78, 5) is 40.4. The molecular weight excluding hydrogens is 506 g/mol. The van der Waals surface area contributed by atoms with E-state index in [0.29, 0.717) is 30.9 Å². The Hall–Kier alpha value is -3.99. The van der Waals surface area contributed by atoms with Crippen molar-refractivity contribution in [3.05, 3.63) is 78.1 Å². The first-order valence-electron chi connectivity index (χ1n) is 11.7. The molecule has 38 heavy (non-hydrogen) atoms. The van der Waals surface area contributed by atoms with Gasteiger partial charge in [-0.2, -0.15) is 13.2 Å². The fraction of sp³-hybridized carbons (Fsp3) is 0.296. The standard InChI is InChI=1S/C25H24FN3O2.C2HF3O2/c1-27-15-23(30)29(22-8-4-7-21(26)14-22)17-25(27)11-12-28(16-25)24(31)20-10-9-18-5-2-3-6-19(18)13-20;3-2(4,5)1(6)7/h2-10,13-14H,11-12,15-17H2,1H3;(H,6,7). The maximum atomic E-state index is 13.8. The smallest absolute Gasteiger partial charge is 0.475 e. The number of fused-ring (bicyclic) bond motifs is 1. The van der Waals surface area contributed by atoms with Crippen molar-refractivity contribution in [2.24, 2.45) is 0 Å². The fourth-order valence-corrected chi connectivity index (χ4v) is 4.81. The number of nitrogens with zero attached hydrogens (tertiary/aromatic N) is 3. The second-order valence-corrected chi connectivity index (χ2v) is 9.38. The first-order valence-corrected chi connectivity index (χ1v) is 11.7. The van der Waals surface area contributed by atoms with Crippen LogP contribution in [0.1, 0.15) is 16.8 Å². The molecule has 5 rings (SSSR count). The van der Waals surface area contributed by atoms with Gasteiger partial charge in [-0.15, -0.1) is 0 Å². The quantitative estimate of drug-likeness (QED) is 0.502. The monoisotopic (exact) mass is 531 g/mol. The van der Waals surface area contributed by atoms with Crippen LogP contribution >= 0.6 is 0 Å². The van der Waals surface area contributed by atoms with Crippen molar-refractivity contribution in [1.82, 2.24) is 9.80 Å². The number of halogens is 4. The van der Waals surface area contributed by atoms with Gasteiger partial charge in [-0.05, 0) is 54.6 Å². The molecule has 2 aliphatic rings. The summed E-state index contributed by atoms with van der Waals surface area (Å²) in [6.07, 6.45) is -4.32. The van der Waals surface area contributed by atoms with Gasteiger partial charge in [-0.3, -0.25) is 14.5 Å². The van der Waals surface area contributed by atoms with E-state index in [0.717, 1.165) is 17.2 Å². The van der Waals surface area contributed by atoms with E-state index in [-0.39, 0.29) is 29.7 Å². The third kappa shape index (κ3) is 5.62. The van der Waals surface area contributed by atoms with E-state index >= 15 is 0 Å². The average Bonchev–Trinajstić information content (AvgIpc) is 3.30. The third-order valence-corrected chi connectivity index (χ3v) is 6.91. The Balaban J connectivity index is 0.000000426. The van der Waals surface area contributed by atoms with E-state index < -0.39 is 12.1 Å². The SMILES string of the molecule is CN1CC(=O)N(c2cccc(F)c2)CC12CCN(C(=O)c1ccc3ccccc3c1)C2.O=C(O)C(F)(F)F. The zero-order valence-electron chi connectivity index (χ0n) is 20.4. The summed E-state index contributed by atoms with van der Waals surface area (Å²) in [5.74, 6) is -3.17. The molecule has 0 bridgehead atoms. The van der Waals surface area contributed by atoms with Gasteiger partial charge in [0.1, 0.15) is 5.82 Å². The van der Waals surface area contributed by atoms with Gasteiger partial charge < -0.3 is 14.9 Å². The second-order valence-electron chi connectivity index (χ2n) is 9.38. The van der Waals surface area contributed by atoms with Crippen LogP contribution in [0.25, 0.3) is 10.8 Å². The summed E-state index contributed by atoms with van der Waals surface area (Å²) < 4.78 is 45.5. The summed E-state index contributed by atoms with van der Waals surface area (Å²) in [6, 6.07) is 19.9. The summed E-state index contributed by atoms with van der Waals surface area (Å²) in [7, 11) is 1.94. The highest BCUT2D eigenvalue weighted by Crippen LogP contribution is 2.34. The number of carbonyl (C=O) groups is 3. The van der Waals surface area contributed by atoms with Crippen LogP contribution in [0.4, 0.5) is 23.2 Å². The molecular formula is C27H25F4N3O4. The number of amides is 2. The van der Waals surface area contributed by atoms with Crippen LogP contribution in [0, 0.1) is 5.82 Å². The zero-order chi connectivity index (χ0) is 27.7. The number of carboxylic acids is 1. The number of benzene rings is 3. The number of piperazine rings is 1. The molecule has 2 fully saturated rings. The topological polar surface area (TPSA) is 81.2 Å². The van der Waals surface area contributed by atoms with Gasteiger partial charge >= 0.3 is 12.1 Å². The predicted molar refractivity (Wildman–Crippen MR) is 132 cm³/mol. The second kappa shape index (κ2) is 10.4. The first-order chi connectivity index (χ1) is 17.9. The van der Waals surface area contributed by atoms with Gasteiger partial charge in [-0.25, -0.2) is 9.18 Å². The van der Waals surface area contributed by atoms with E-state index in [1.54, 1.807) is 17.0 Å². The molecule has 0 aliphatic carbocycles. The Bertz CT molecular complexity index is 1380. The number of likely N-dealkylation sites (N-methyl/N-ethyl adjacent to an activating group) is 1. The molecule has 7 nitrogen and oxygen atoms in total. The molecule has 2 heterocycles. The van der Waals surface area contributed by atoms with Crippen molar-refractivity contribution < 1.29 is 37.1 Å². The summed E-state index contributed by atoms with van der Waals surface area (Å²) in [6.45, 7) is 1.84. The highest BCUT2D eigenvalue weighted by atomic mass is 19.4. The minimum absolute atomic E-state index is 0.00485. The van der Waals surface area contributed by atoms with Gasteiger partial charge in [0, 0.05) is 30.9 Å². The van der Waals surface area contributed by atoms with E-state index in [1.807, 2.05) is 54.4 Å². The van der Waals surface area contributed by atoms with Crippen molar-refractivity contribution in [2.45, 2.75) is 18.1 Å². The Morgan fingerprint density at radius 3 is 2.29 bits per heavy atom. The van der Waals surface area contributed by atoms with Crippen LogP contribution in [0.5, 0.6) is 0 Å². The molecule has 11 heteroatoms. The van der Waals surface area contributed by atoms with Crippen molar-refractivity contribution >= 4 is 34.2 Å². The van der Waals surface area contributed by atoms with Crippen LogP contribution in [-0.4, -0.2) is 77.6 Å². The molecule has 1 unspecified atom stereocenters. The summed E-state index contributed by atoms with van der Waals surface area (Å²) >= 11 is 0. The highest BCUT2D eigenvalue weighted by Gasteiger charge is 2.48. The van der Waals surface area contributed by atoms with Gasteiger partial charge in [0.15, 0.2) is 0 Å². The first kappa shape index (κ1) is 27.1. The minimum atomic E-state index is -5.08. The van der Waals surface area contributed by atoms with Crippen LogP contribution in [0.3, 0.4) is 0 Å². The van der Waals surface area contributed by atoms with Crippen LogP contribution in [0.2, 0.25) is 0 Å². The maximum absolute atomic E-state index is 13.8. The number of hydrogen-bond acceptors (Lipinski definition) is 4. The molecule has 1 spiro atoms. The van der Waals surface area contributed by atoms with Crippen molar-refractivity contribution in [2.75, 3.05) is 38.1 Å². The number of anilines is 1. The molecule has 0 radical (unpaired) electrons. The zero-order valence-corrected chi connectivity index (χ0v) is 20.4. The molecule has 0 saturated carbocycles. The lowest BCUT2D eigenvalue weighted by Gasteiger charge is -2.46. The molecule has 3 aromatic carbocycles. The number of hydrogen-bond donors (Lipinski definition) is 1. The van der Waals surface area contributed by atoms with Crippen LogP contribution in [0.15, 0.2) is 66.7 Å². The molecule has 2 saturated heterocycles. The lowest BCUT2D eigenvalue weighted by Crippen LogP contribution is -2.64. The van der Waals surface area contributed by atoms with E-state index in [2.05, 4.69) is 4.90 Å². The Labute approximate surface area is 215 Å². The normalized spacial score (nSPS) is 20.0. The van der Waals surface area contributed by atoms with Crippen molar-refractivity contribution in [3.63, 3.8) is 0 Å². The van der Waals surface area contributed by atoms with Crippen LogP contribution < -0.4 is 4.90 Å². The average molecular weight is 532 g/mol. The number of carboxylic acid groups (broad SMARTS) is 1. The van der Waals surface area contributed by atoms with Gasteiger partial charge in [-0.1, -0.05) is 36.4 Å². The summed E-state index contributed by atoms with van der Waals surface area (Å²) in [5.41, 5.74) is 0.899. The van der Waals surface area contributed by atoms with Gasteiger partial charge in [0.25, 0.3) is 5.91 Å². The molecule has 1 N–H and O–H groups in total. The predicted octanol–water partition coefficient (Wildman–Crippen LogP) is 4.18. The molecule has 3 aromatic rings. The summed E-state index contributed by atoms with van der Waals surface area (Å²) in [5, 5.41) is 9.27. The lowest BCUT2D eigenvalue weighted by atomic mass is 9.92. The van der Waals surface area contributed by atoms with E-state index in [1.165, 1.54) is 12.1 Å². The van der Waals surface area contributed by atoms with Gasteiger partial charge in [0.2, 0.25) is 5.91 Å². The van der Waals surface area contributed by atoms with E-state index in [9.17, 15) is 27.2 Å². The Morgan fingerprint density at radius 2 is 1.63 bits per heavy atom. The van der Waals surface area contributed by atoms with Crippen LogP contribution in [-0.2, 0) is 9.59 Å².